The lowest BCUT2D eigenvalue weighted by molar-refractivity contribution is -0.134. The summed E-state index contributed by atoms with van der Waals surface area (Å²) in [6.07, 6.45) is 6.68. The lowest BCUT2D eigenvalue weighted by Gasteiger charge is -2.06. The number of fused-ring (bicyclic) bond motifs is 1. The molecule has 0 aliphatic carbocycles. The van der Waals surface area contributed by atoms with Gasteiger partial charge < -0.3 is 9.13 Å². The standard InChI is InChI=1S/C17H14N4O2/c1-19-9-12(11-5-3-4-6-13(11)19)14-15(21-8-7-18-10-21)17(23)20(2)16(14)22/h3-10H,1-2H3. The van der Waals surface area contributed by atoms with Crippen molar-refractivity contribution in [2.24, 2.45) is 7.05 Å². The Morgan fingerprint density at radius 1 is 1.04 bits per heavy atom. The van der Waals surface area contributed by atoms with Gasteiger partial charge in [0.1, 0.15) is 5.70 Å². The largest absolute Gasteiger partial charge is 0.350 e. The van der Waals surface area contributed by atoms with Crippen molar-refractivity contribution in [3.63, 3.8) is 0 Å². The Balaban J connectivity index is 2.07. The van der Waals surface area contributed by atoms with Gasteiger partial charge in [-0.1, -0.05) is 18.2 Å². The highest BCUT2D eigenvalue weighted by Gasteiger charge is 2.38. The van der Waals surface area contributed by atoms with Crippen molar-refractivity contribution < 1.29 is 9.59 Å². The average molecular weight is 306 g/mol. The molecule has 6 nitrogen and oxygen atoms in total. The molecule has 0 spiro atoms. The van der Waals surface area contributed by atoms with Gasteiger partial charge in [0.2, 0.25) is 0 Å². The predicted octanol–water partition coefficient (Wildman–Crippen LogP) is 1.74. The quantitative estimate of drug-likeness (QED) is 0.678. The molecule has 0 N–H and O–H groups in total. The second-order valence-corrected chi connectivity index (χ2v) is 5.53. The fourth-order valence-electron chi connectivity index (χ4n) is 3.04. The number of benzene rings is 1. The molecular formula is C17H14N4O2. The topological polar surface area (TPSA) is 60.1 Å². The van der Waals surface area contributed by atoms with Crippen LogP contribution in [0.5, 0.6) is 0 Å². The SMILES string of the molecule is CN1C(=O)C(c2cn(C)c3ccccc23)=C(n2ccnc2)C1=O. The molecule has 114 valence electrons. The van der Waals surface area contributed by atoms with E-state index in [-0.39, 0.29) is 11.8 Å². The van der Waals surface area contributed by atoms with Crippen LogP contribution in [0.15, 0.2) is 49.2 Å². The minimum Gasteiger partial charge on any atom is -0.350 e. The number of para-hydroxylation sites is 1. The molecule has 0 saturated carbocycles. The Morgan fingerprint density at radius 3 is 2.57 bits per heavy atom. The Kier molecular flexibility index (Phi) is 2.74. The molecule has 1 aliphatic heterocycles. The van der Waals surface area contributed by atoms with Crippen molar-refractivity contribution in [1.29, 1.82) is 0 Å². The number of carbonyl (C=O) groups excluding carboxylic acids is 2. The van der Waals surface area contributed by atoms with Crippen molar-refractivity contribution in [3.05, 3.63) is 54.7 Å². The zero-order chi connectivity index (χ0) is 16.1. The van der Waals surface area contributed by atoms with E-state index in [9.17, 15) is 9.59 Å². The van der Waals surface area contributed by atoms with Crippen molar-refractivity contribution in [2.75, 3.05) is 7.05 Å². The van der Waals surface area contributed by atoms with E-state index >= 15 is 0 Å². The molecular weight excluding hydrogens is 292 g/mol. The number of aromatic nitrogens is 3. The molecule has 0 unspecified atom stereocenters. The zero-order valence-corrected chi connectivity index (χ0v) is 12.7. The third-order valence-electron chi connectivity index (χ3n) is 4.19. The van der Waals surface area contributed by atoms with Crippen LogP contribution < -0.4 is 0 Å². The van der Waals surface area contributed by atoms with Gasteiger partial charge in [0.25, 0.3) is 11.8 Å². The summed E-state index contributed by atoms with van der Waals surface area (Å²) in [5.74, 6) is -0.619. The maximum atomic E-state index is 12.7. The number of imidazole rings is 1. The molecule has 6 heteroatoms. The number of hydrogen-bond acceptors (Lipinski definition) is 3. The molecule has 0 fully saturated rings. The van der Waals surface area contributed by atoms with Crippen LogP contribution >= 0.6 is 0 Å². The summed E-state index contributed by atoms with van der Waals surface area (Å²) in [5, 5.41) is 0.944. The highest BCUT2D eigenvalue weighted by atomic mass is 16.2. The smallest absolute Gasteiger partial charge is 0.278 e. The summed E-state index contributed by atoms with van der Waals surface area (Å²) in [5.41, 5.74) is 2.52. The molecule has 2 aromatic heterocycles. The van der Waals surface area contributed by atoms with Gasteiger partial charge in [-0.25, -0.2) is 4.98 Å². The van der Waals surface area contributed by atoms with Gasteiger partial charge in [0.05, 0.1) is 11.9 Å². The third kappa shape index (κ3) is 1.78. The van der Waals surface area contributed by atoms with Crippen LogP contribution in [0.2, 0.25) is 0 Å². The van der Waals surface area contributed by atoms with Gasteiger partial charge in [-0.3, -0.25) is 14.5 Å². The van der Waals surface area contributed by atoms with E-state index in [4.69, 9.17) is 0 Å². The molecule has 0 radical (unpaired) electrons. The molecule has 4 rings (SSSR count). The molecule has 2 amide bonds. The normalized spacial score (nSPS) is 15.3. The second-order valence-electron chi connectivity index (χ2n) is 5.53. The van der Waals surface area contributed by atoms with Crippen LogP contribution in [-0.4, -0.2) is 37.9 Å². The van der Waals surface area contributed by atoms with Gasteiger partial charge >= 0.3 is 0 Å². The van der Waals surface area contributed by atoms with Crippen molar-refractivity contribution in [1.82, 2.24) is 19.0 Å². The first-order valence-electron chi connectivity index (χ1n) is 7.19. The minimum absolute atomic E-state index is 0.296. The van der Waals surface area contributed by atoms with E-state index in [1.54, 1.807) is 17.0 Å². The number of nitrogens with zero attached hydrogens (tertiary/aromatic N) is 4. The summed E-state index contributed by atoms with van der Waals surface area (Å²) in [4.78, 5) is 30.3. The summed E-state index contributed by atoms with van der Waals surface area (Å²) in [6, 6.07) is 7.82. The Morgan fingerprint density at radius 2 is 1.83 bits per heavy atom. The monoisotopic (exact) mass is 306 g/mol. The summed E-state index contributed by atoms with van der Waals surface area (Å²) in [7, 11) is 3.42. The van der Waals surface area contributed by atoms with E-state index in [1.807, 2.05) is 42.1 Å². The van der Waals surface area contributed by atoms with Crippen LogP contribution in [-0.2, 0) is 16.6 Å². The summed E-state index contributed by atoms with van der Waals surface area (Å²) in [6.45, 7) is 0. The van der Waals surface area contributed by atoms with Gasteiger partial charge in [-0.05, 0) is 6.07 Å². The van der Waals surface area contributed by atoms with Gasteiger partial charge in [0.15, 0.2) is 0 Å². The molecule has 23 heavy (non-hydrogen) atoms. The van der Waals surface area contributed by atoms with E-state index in [2.05, 4.69) is 4.98 Å². The van der Waals surface area contributed by atoms with Crippen molar-refractivity contribution >= 4 is 34.0 Å². The molecule has 0 atom stereocenters. The van der Waals surface area contributed by atoms with Crippen LogP contribution in [0.1, 0.15) is 5.56 Å². The van der Waals surface area contributed by atoms with E-state index in [0.717, 1.165) is 21.4 Å². The van der Waals surface area contributed by atoms with Crippen molar-refractivity contribution in [2.45, 2.75) is 0 Å². The fraction of sp³-hybridized carbons (Fsp3) is 0.118. The highest BCUT2D eigenvalue weighted by molar-refractivity contribution is 6.47. The number of likely N-dealkylation sites (N-methyl/N-ethyl adjacent to an activating group) is 1. The second kappa shape index (κ2) is 4.67. The van der Waals surface area contributed by atoms with E-state index in [1.165, 1.54) is 13.4 Å². The number of aryl methyl sites for hydroxylation is 1. The fourth-order valence-corrected chi connectivity index (χ4v) is 3.04. The third-order valence-corrected chi connectivity index (χ3v) is 4.19. The summed E-state index contributed by atoms with van der Waals surface area (Å²) < 4.78 is 3.56. The molecule has 3 heterocycles. The molecule has 0 bridgehead atoms. The first-order valence-corrected chi connectivity index (χ1v) is 7.19. The molecule has 1 aromatic carbocycles. The number of rotatable bonds is 2. The lowest BCUT2D eigenvalue weighted by Crippen LogP contribution is -2.27. The predicted molar refractivity (Wildman–Crippen MR) is 86.0 cm³/mol. The van der Waals surface area contributed by atoms with Gasteiger partial charge in [0, 0.05) is 49.2 Å². The average Bonchev–Trinajstić information content (AvgIpc) is 3.24. The molecule has 3 aromatic rings. The number of imide groups is 1. The van der Waals surface area contributed by atoms with Crippen LogP contribution in [0.3, 0.4) is 0 Å². The van der Waals surface area contributed by atoms with Gasteiger partial charge in [-0.15, -0.1) is 0 Å². The number of amides is 2. The first-order chi connectivity index (χ1) is 11.1. The number of hydrogen-bond donors (Lipinski definition) is 0. The Hall–Kier alpha value is -3.15. The highest BCUT2D eigenvalue weighted by Crippen LogP contribution is 2.35. The maximum absolute atomic E-state index is 12.7. The van der Waals surface area contributed by atoms with Crippen LogP contribution in [0, 0.1) is 0 Å². The summed E-state index contributed by atoms with van der Waals surface area (Å²) >= 11 is 0. The molecule has 0 saturated heterocycles. The Labute approximate surface area is 132 Å². The van der Waals surface area contributed by atoms with Crippen molar-refractivity contribution in [3.8, 4) is 0 Å². The maximum Gasteiger partial charge on any atom is 0.278 e. The van der Waals surface area contributed by atoms with E-state index in [0.29, 0.717) is 11.3 Å². The van der Waals surface area contributed by atoms with Crippen LogP contribution in [0.4, 0.5) is 0 Å². The lowest BCUT2D eigenvalue weighted by atomic mass is 10.0. The van der Waals surface area contributed by atoms with Crippen LogP contribution in [0.25, 0.3) is 22.2 Å². The van der Waals surface area contributed by atoms with E-state index < -0.39 is 0 Å². The first kappa shape index (κ1) is 13.5. The zero-order valence-electron chi connectivity index (χ0n) is 12.7. The van der Waals surface area contributed by atoms with Gasteiger partial charge in [-0.2, -0.15) is 0 Å². The minimum atomic E-state index is -0.323. The number of carbonyl (C=O) groups is 2. The molecule has 1 aliphatic rings. The Bertz CT molecular complexity index is 979.